The third-order valence-corrected chi connectivity index (χ3v) is 2.22. The Morgan fingerprint density at radius 2 is 2.38 bits per heavy atom. The van der Waals surface area contributed by atoms with Crippen molar-refractivity contribution in [2.75, 3.05) is 13.1 Å². The lowest BCUT2D eigenvalue weighted by atomic mass is 10.3. The van der Waals surface area contributed by atoms with Crippen LogP contribution < -0.4 is 0 Å². The van der Waals surface area contributed by atoms with Gasteiger partial charge in [0.2, 0.25) is 5.91 Å². The van der Waals surface area contributed by atoms with Gasteiger partial charge in [-0.25, -0.2) is 4.79 Å². The minimum atomic E-state index is -1.50. The van der Waals surface area contributed by atoms with Crippen LogP contribution in [0.3, 0.4) is 0 Å². The fraction of sp³-hybridized carbons (Fsp3) is 0.714. The van der Waals surface area contributed by atoms with Crippen molar-refractivity contribution >= 4 is 24.5 Å². The maximum Gasteiger partial charge on any atom is 0.334 e. The summed E-state index contributed by atoms with van der Waals surface area (Å²) in [6.45, 7) is 0.261. The Hall–Kier alpha value is -0.750. The molecule has 6 heteroatoms. The number of rotatable bonds is 3. The molecular formula is C7H11NO4S. The lowest BCUT2D eigenvalue weighted by molar-refractivity contribution is -0.148. The highest BCUT2D eigenvalue weighted by atomic mass is 32.1. The average Bonchev–Trinajstić information content (AvgIpc) is 2.30. The first kappa shape index (κ1) is 10.3. The fourth-order valence-corrected chi connectivity index (χ4v) is 1.57. The van der Waals surface area contributed by atoms with Crippen molar-refractivity contribution < 1.29 is 19.8 Å². The normalized spacial score (nSPS) is 24.9. The molecule has 0 saturated carbocycles. The zero-order valence-corrected chi connectivity index (χ0v) is 7.78. The smallest absolute Gasteiger partial charge is 0.334 e. The Morgan fingerprint density at radius 3 is 2.77 bits per heavy atom. The molecule has 2 atom stereocenters. The zero-order valence-electron chi connectivity index (χ0n) is 6.88. The molecule has 13 heavy (non-hydrogen) atoms. The lowest BCUT2D eigenvalue weighted by Crippen LogP contribution is -2.37. The highest BCUT2D eigenvalue weighted by molar-refractivity contribution is 7.81. The number of aliphatic carboxylic acids is 1. The molecular weight excluding hydrogens is 194 g/mol. The Kier molecular flexibility index (Phi) is 3.16. The molecule has 0 aromatic carbocycles. The highest BCUT2D eigenvalue weighted by Gasteiger charge is 2.30. The van der Waals surface area contributed by atoms with Gasteiger partial charge in [0.1, 0.15) is 0 Å². The SMILES string of the molecule is O=C(O)[C@@H](O)CN1CC(S)CC1=O. The van der Waals surface area contributed by atoms with E-state index in [9.17, 15) is 9.59 Å². The summed E-state index contributed by atoms with van der Waals surface area (Å²) in [6, 6.07) is 0. The minimum absolute atomic E-state index is 0.0477. The van der Waals surface area contributed by atoms with Crippen molar-refractivity contribution in [2.45, 2.75) is 17.8 Å². The van der Waals surface area contributed by atoms with Crippen LogP contribution in [0.15, 0.2) is 0 Å². The number of aliphatic hydroxyl groups is 1. The van der Waals surface area contributed by atoms with Crippen LogP contribution in [-0.4, -0.2) is 51.4 Å². The van der Waals surface area contributed by atoms with Gasteiger partial charge in [-0.3, -0.25) is 4.79 Å². The van der Waals surface area contributed by atoms with E-state index in [-0.39, 0.29) is 17.7 Å². The Morgan fingerprint density at radius 1 is 1.77 bits per heavy atom. The highest BCUT2D eigenvalue weighted by Crippen LogP contribution is 2.15. The summed E-state index contributed by atoms with van der Waals surface area (Å²) in [5.74, 6) is -1.46. The predicted octanol–water partition coefficient (Wildman–Crippen LogP) is -1.04. The van der Waals surface area contributed by atoms with Crippen LogP contribution in [0.25, 0.3) is 0 Å². The van der Waals surface area contributed by atoms with E-state index in [1.54, 1.807) is 0 Å². The number of likely N-dealkylation sites (tertiary alicyclic amines) is 1. The van der Waals surface area contributed by atoms with Gasteiger partial charge < -0.3 is 15.1 Å². The quantitative estimate of drug-likeness (QED) is 0.514. The van der Waals surface area contributed by atoms with E-state index in [1.807, 2.05) is 0 Å². The number of thiol groups is 1. The van der Waals surface area contributed by atoms with Gasteiger partial charge in [-0.2, -0.15) is 12.6 Å². The maximum atomic E-state index is 11.1. The lowest BCUT2D eigenvalue weighted by Gasteiger charge is -2.17. The van der Waals surface area contributed by atoms with Gasteiger partial charge in [0.05, 0.1) is 6.54 Å². The summed E-state index contributed by atoms with van der Waals surface area (Å²) in [4.78, 5) is 22.7. The molecule has 0 spiro atoms. The summed E-state index contributed by atoms with van der Waals surface area (Å²) in [6.07, 6.45) is -1.18. The number of β-amino-alcohol motifs (C(OH)–C–C–N with tert-alkyl or cyclic N) is 1. The number of carbonyl (C=O) groups is 2. The van der Waals surface area contributed by atoms with Crippen molar-refractivity contribution in [3.8, 4) is 0 Å². The molecule has 0 aliphatic carbocycles. The molecule has 1 heterocycles. The van der Waals surface area contributed by atoms with E-state index in [4.69, 9.17) is 10.2 Å². The number of carboxylic acids is 1. The van der Waals surface area contributed by atoms with Crippen LogP contribution in [0, 0.1) is 0 Å². The first-order valence-corrected chi connectivity index (χ1v) is 4.39. The van der Waals surface area contributed by atoms with Crippen LogP contribution in [0.5, 0.6) is 0 Å². The summed E-state index contributed by atoms with van der Waals surface area (Å²) in [5, 5.41) is 17.3. The molecule has 0 aromatic rings. The van der Waals surface area contributed by atoms with Gasteiger partial charge in [0, 0.05) is 18.2 Å². The molecule has 0 aromatic heterocycles. The molecule has 5 nitrogen and oxygen atoms in total. The third-order valence-electron chi connectivity index (χ3n) is 1.87. The van der Waals surface area contributed by atoms with E-state index in [0.29, 0.717) is 13.0 Å². The number of hydrogen-bond acceptors (Lipinski definition) is 4. The van der Waals surface area contributed by atoms with Crippen LogP contribution in [0.2, 0.25) is 0 Å². The van der Waals surface area contributed by atoms with Gasteiger partial charge in [0.15, 0.2) is 6.10 Å². The Bertz CT molecular complexity index is 233. The zero-order chi connectivity index (χ0) is 10.0. The van der Waals surface area contributed by atoms with Crippen molar-refractivity contribution in [3.63, 3.8) is 0 Å². The van der Waals surface area contributed by atoms with E-state index in [2.05, 4.69) is 12.6 Å². The van der Waals surface area contributed by atoms with Crippen molar-refractivity contribution in [3.05, 3.63) is 0 Å². The molecule has 2 N–H and O–H groups in total. The molecule has 1 rings (SSSR count). The molecule has 1 aliphatic heterocycles. The van der Waals surface area contributed by atoms with Crippen molar-refractivity contribution in [1.29, 1.82) is 0 Å². The fourth-order valence-electron chi connectivity index (χ4n) is 1.21. The number of hydrogen-bond donors (Lipinski definition) is 3. The Labute approximate surface area is 80.7 Å². The van der Waals surface area contributed by atoms with Crippen LogP contribution in [0.4, 0.5) is 0 Å². The summed E-state index contributed by atoms with van der Waals surface area (Å²) < 4.78 is 0. The maximum absolute atomic E-state index is 11.1. The molecule has 1 saturated heterocycles. The molecule has 1 fully saturated rings. The van der Waals surface area contributed by atoms with E-state index in [1.165, 1.54) is 4.90 Å². The molecule has 1 unspecified atom stereocenters. The standard InChI is InChI=1S/C7H11NO4S/c9-5(7(11)12)3-8-2-4(13)1-6(8)10/h4-5,9,13H,1-3H2,(H,11,12)/t4?,5-/m0/s1. The Balaban J connectivity index is 2.46. The van der Waals surface area contributed by atoms with Gasteiger partial charge in [-0.1, -0.05) is 0 Å². The second-order valence-corrected chi connectivity index (χ2v) is 3.74. The molecule has 0 bridgehead atoms. The molecule has 1 aliphatic rings. The number of aliphatic hydroxyl groups excluding tert-OH is 1. The average molecular weight is 205 g/mol. The number of nitrogens with zero attached hydrogens (tertiary/aromatic N) is 1. The van der Waals surface area contributed by atoms with Gasteiger partial charge in [-0.15, -0.1) is 0 Å². The van der Waals surface area contributed by atoms with E-state index < -0.39 is 12.1 Å². The van der Waals surface area contributed by atoms with Gasteiger partial charge >= 0.3 is 5.97 Å². The first-order chi connectivity index (χ1) is 6.00. The number of carboxylic acid groups (broad SMARTS) is 1. The van der Waals surface area contributed by atoms with Crippen LogP contribution >= 0.6 is 12.6 Å². The van der Waals surface area contributed by atoms with Gasteiger partial charge in [-0.05, 0) is 0 Å². The molecule has 1 amide bonds. The first-order valence-electron chi connectivity index (χ1n) is 3.87. The second-order valence-electron chi connectivity index (χ2n) is 3.01. The number of carbonyl (C=O) groups excluding carboxylic acids is 1. The van der Waals surface area contributed by atoms with E-state index >= 15 is 0 Å². The third kappa shape index (κ3) is 2.60. The topological polar surface area (TPSA) is 77.8 Å². The van der Waals surface area contributed by atoms with Crippen LogP contribution in [0.1, 0.15) is 6.42 Å². The van der Waals surface area contributed by atoms with E-state index in [0.717, 1.165) is 0 Å². The summed E-state index contributed by atoms with van der Waals surface area (Å²) >= 11 is 4.09. The van der Waals surface area contributed by atoms with Crippen molar-refractivity contribution in [2.24, 2.45) is 0 Å². The summed E-state index contributed by atoms with van der Waals surface area (Å²) in [7, 11) is 0. The second kappa shape index (κ2) is 3.97. The van der Waals surface area contributed by atoms with Crippen LogP contribution in [-0.2, 0) is 9.59 Å². The van der Waals surface area contributed by atoms with Gasteiger partial charge in [0.25, 0.3) is 0 Å². The van der Waals surface area contributed by atoms with Crippen molar-refractivity contribution in [1.82, 2.24) is 4.90 Å². The number of amides is 1. The largest absolute Gasteiger partial charge is 0.479 e. The molecule has 0 radical (unpaired) electrons. The monoisotopic (exact) mass is 205 g/mol. The predicted molar refractivity (Wildman–Crippen MR) is 47.6 cm³/mol. The minimum Gasteiger partial charge on any atom is -0.479 e. The molecule has 74 valence electrons. The summed E-state index contributed by atoms with van der Waals surface area (Å²) in [5.41, 5.74) is 0.